The van der Waals surface area contributed by atoms with Crippen LogP contribution in [0.5, 0.6) is 0 Å². The van der Waals surface area contributed by atoms with E-state index >= 15 is 0 Å². The van der Waals surface area contributed by atoms with Crippen molar-refractivity contribution in [1.82, 2.24) is 4.90 Å². The topological polar surface area (TPSA) is 62.1 Å². The van der Waals surface area contributed by atoms with Crippen molar-refractivity contribution in [3.05, 3.63) is 46.7 Å². The maximum absolute atomic E-state index is 12.0. The standard InChI is InChI=1S/C16H16N2O3/c1-9-15-14(16(19)21-9)12(17-20)8-13-11-5-3-2-4-10(11)6-7-18(13)15/h2-5,9,13,20H,6-8H2,1H3/b17-12-/t9-,13-/m1/s1. The summed E-state index contributed by atoms with van der Waals surface area (Å²) in [6, 6.07) is 8.47. The minimum atomic E-state index is -0.373. The first-order valence-electron chi connectivity index (χ1n) is 7.21. The number of carbonyl (C=O) groups is 1. The summed E-state index contributed by atoms with van der Waals surface area (Å²) in [5.74, 6) is -0.373. The van der Waals surface area contributed by atoms with Gasteiger partial charge in [-0.1, -0.05) is 29.4 Å². The molecule has 2 atom stereocenters. The van der Waals surface area contributed by atoms with Gasteiger partial charge in [-0.05, 0) is 24.5 Å². The Morgan fingerprint density at radius 1 is 1.38 bits per heavy atom. The molecule has 0 bridgehead atoms. The van der Waals surface area contributed by atoms with E-state index in [-0.39, 0.29) is 18.1 Å². The van der Waals surface area contributed by atoms with E-state index < -0.39 is 0 Å². The van der Waals surface area contributed by atoms with Gasteiger partial charge in [0.25, 0.3) is 0 Å². The van der Waals surface area contributed by atoms with Crippen LogP contribution in [0.2, 0.25) is 0 Å². The molecule has 1 aromatic rings. The van der Waals surface area contributed by atoms with E-state index in [9.17, 15) is 10.0 Å². The van der Waals surface area contributed by atoms with Crippen molar-refractivity contribution in [3.63, 3.8) is 0 Å². The van der Waals surface area contributed by atoms with Crippen LogP contribution in [0, 0.1) is 0 Å². The summed E-state index contributed by atoms with van der Waals surface area (Å²) in [5.41, 5.74) is 4.36. The van der Waals surface area contributed by atoms with Gasteiger partial charge in [-0.2, -0.15) is 0 Å². The van der Waals surface area contributed by atoms with Crippen molar-refractivity contribution in [3.8, 4) is 0 Å². The fourth-order valence-corrected chi connectivity index (χ4v) is 3.76. The summed E-state index contributed by atoms with van der Waals surface area (Å²) in [4.78, 5) is 14.3. The molecule has 3 aliphatic rings. The molecule has 5 heteroatoms. The van der Waals surface area contributed by atoms with Gasteiger partial charge < -0.3 is 14.8 Å². The summed E-state index contributed by atoms with van der Waals surface area (Å²) in [6.07, 6.45) is 1.21. The molecule has 1 aromatic carbocycles. The second-order valence-electron chi connectivity index (χ2n) is 5.72. The van der Waals surface area contributed by atoms with Gasteiger partial charge in [0.1, 0.15) is 11.7 Å². The molecule has 3 heterocycles. The molecule has 21 heavy (non-hydrogen) atoms. The maximum Gasteiger partial charge on any atom is 0.342 e. The molecule has 1 N–H and O–H groups in total. The SMILES string of the molecule is C[C@H]1OC(=O)C2=C1N1CCc3ccccc3[C@H]1C/C2=N/O. The summed E-state index contributed by atoms with van der Waals surface area (Å²) in [6.45, 7) is 2.73. The van der Waals surface area contributed by atoms with Crippen LogP contribution in [0.1, 0.15) is 30.5 Å². The lowest BCUT2D eigenvalue weighted by atomic mass is 9.84. The number of benzene rings is 1. The number of ether oxygens (including phenoxy) is 1. The zero-order chi connectivity index (χ0) is 14.6. The molecular formula is C16H16N2O3. The van der Waals surface area contributed by atoms with Gasteiger partial charge >= 0.3 is 5.97 Å². The fourth-order valence-electron chi connectivity index (χ4n) is 3.76. The van der Waals surface area contributed by atoms with Crippen LogP contribution in [0.15, 0.2) is 40.7 Å². The molecule has 0 saturated heterocycles. The lowest BCUT2D eigenvalue weighted by molar-refractivity contribution is -0.138. The largest absolute Gasteiger partial charge is 0.453 e. The van der Waals surface area contributed by atoms with E-state index in [1.165, 1.54) is 11.1 Å². The lowest BCUT2D eigenvalue weighted by Gasteiger charge is -2.43. The summed E-state index contributed by atoms with van der Waals surface area (Å²) in [7, 11) is 0. The van der Waals surface area contributed by atoms with Gasteiger partial charge in [0.05, 0.1) is 17.5 Å². The molecule has 3 aliphatic heterocycles. The Kier molecular flexibility index (Phi) is 2.58. The monoisotopic (exact) mass is 284 g/mol. The third-order valence-corrected chi connectivity index (χ3v) is 4.65. The zero-order valence-electron chi connectivity index (χ0n) is 11.7. The highest BCUT2D eigenvalue weighted by Crippen LogP contribution is 2.43. The van der Waals surface area contributed by atoms with E-state index in [0.29, 0.717) is 17.7 Å². The zero-order valence-corrected chi connectivity index (χ0v) is 11.7. The number of esters is 1. The normalized spacial score (nSPS) is 29.1. The highest BCUT2D eigenvalue weighted by molar-refractivity contribution is 6.22. The van der Waals surface area contributed by atoms with Crippen molar-refractivity contribution in [1.29, 1.82) is 0 Å². The minimum Gasteiger partial charge on any atom is -0.453 e. The molecule has 0 radical (unpaired) electrons. The number of hydrogen-bond donors (Lipinski definition) is 1. The van der Waals surface area contributed by atoms with E-state index in [4.69, 9.17) is 4.74 Å². The van der Waals surface area contributed by atoms with Crippen LogP contribution < -0.4 is 0 Å². The molecule has 0 amide bonds. The molecule has 5 nitrogen and oxygen atoms in total. The molecule has 0 saturated carbocycles. The Hall–Kier alpha value is -2.30. The average molecular weight is 284 g/mol. The lowest BCUT2D eigenvalue weighted by Crippen LogP contribution is -2.42. The minimum absolute atomic E-state index is 0.122. The van der Waals surface area contributed by atoms with Crippen LogP contribution in [0.4, 0.5) is 0 Å². The van der Waals surface area contributed by atoms with Gasteiger partial charge in [0, 0.05) is 13.0 Å². The Balaban J connectivity index is 1.88. The quantitative estimate of drug-likeness (QED) is 0.450. The van der Waals surface area contributed by atoms with E-state index in [1.54, 1.807) is 0 Å². The molecule has 0 aliphatic carbocycles. The van der Waals surface area contributed by atoms with Crippen molar-refractivity contribution >= 4 is 11.7 Å². The number of rotatable bonds is 0. The van der Waals surface area contributed by atoms with E-state index in [2.05, 4.69) is 22.2 Å². The van der Waals surface area contributed by atoms with E-state index in [0.717, 1.165) is 18.7 Å². The Morgan fingerprint density at radius 3 is 3.00 bits per heavy atom. The van der Waals surface area contributed by atoms with Crippen LogP contribution in [-0.4, -0.2) is 34.4 Å². The van der Waals surface area contributed by atoms with Gasteiger partial charge in [0.2, 0.25) is 0 Å². The molecule has 0 spiro atoms. The van der Waals surface area contributed by atoms with Crippen molar-refractivity contribution in [2.45, 2.75) is 31.9 Å². The Labute approximate surface area is 122 Å². The highest BCUT2D eigenvalue weighted by atomic mass is 16.5. The first kappa shape index (κ1) is 12.4. The number of fused-ring (bicyclic) bond motifs is 4. The van der Waals surface area contributed by atoms with Crippen molar-refractivity contribution in [2.24, 2.45) is 5.16 Å². The molecule has 0 aromatic heterocycles. The number of oxime groups is 1. The molecule has 0 unspecified atom stereocenters. The van der Waals surface area contributed by atoms with Gasteiger partial charge in [0.15, 0.2) is 0 Å². The van der Waals surface area contributed by atoms with Crippen LogP contribution in [0.25, 0.3) is 0 Å². The second-order valence-corrected chi connectivity index (χ2v) is 5.72. The Bertz CT molecular complexity index is 693. The van der Waals surface area contributed by atoms with Gasteiger partial charge in [-0.3, -0.25) is 0 Å². The summed E-state index contributed by atoms with van der Waals surface area (Å²) < 4.78 is 5.33. The summed E-state index contributed by atoms with van der Waals surface area (Å²) in [5, 5.41) is 12.7. The van der Waals surface area contributed by atoms with Crippen LogP contribution >= 0.6 is 0 Å². The number of hydrogen-bond acceptors (Lipinski definition) is 5. The van der Waals surface area contributed by atoms with Gasteiger partial charge in [-0.25, -0.2) is 4.79 Å². The average Bonchev–Trinajstić information content (AvgIpc) is 2.81. The first-order valence-corrected chi connectivity index (χ1v) is 7.21. The van der Waals surface area contributed by atoms with Crippen molar-refractivity contribution in [2.75, 3.05) is 6.54 Å². The van der Waals surface area contributed by atoms with Crippen LogP contribution in [0.3, 0.4) is 0 Å². The molecular weight excluding hydrogens is 268 g/mol. The molecule has 0 fully saturated rings. The smallest absolute Gasteiger partial charge is 0.342 e. The third-order valence-electron chi connectivity index (χ3n) is 4.65. The predicted octanol–water partition coefficient (Wildman–Crippen LogP) is 2.02. The third kappa shape index (κ3) is 1.63. The number of nitrogens with zero attached hydrogens (tertiary/aromatic N) is 2. The van der Waals surface area contributed by atoms with Gasteiger partial charge in [-0.15, -0.1) is 0 Å². The summed E-state index contributed by atoms with van der Waals surface area (Å²) >= 11 is 0. The second kappa shape index (κ2) is 4.35. The number of carbonyl (C=O) groups excluding carboxylic acids is 1. The predicted molar refractivity (Wildman–Crippen MR) is 76.0 cm³/mol. The number of cyclic esters (lactones) is 1. The van der Waals surface area contributed by atoms with Crippen molar-refractivity contribution < 1.29 is 14.7 Å². The first-order chi connectivity index (χ1) is 10.2. The molecule has 4 rings (SSSR count). The Morgan fingerprint density at radius 2 is 2.19 bits per heavy atom. The molecule has 108 valence electrons. The highest BCUT2D eigenvalue weighted by Gasteiger charge is 2.45. The maximum atomic E-state index is 12.0. The fraction of sp³-hybridized carbons (Fsp3) is 0.375. The van der Waals surface area contributed by atoms with Crippen LogP contribution in [-0.2, 0) is 16.0 Å². The van der Waals surface area contributed by atoms with E-state index in [1.807, 2.05) is 19.1 Å².